The summed E-state index contributed by atoms with van der Waals surface area (Å²) in [5, 5.41) is 11.6. The minimum Gasteiger partial charge on any atom is -0.388 e. The zero-order chi connectivity index (χ0) is 13.4. The standard InChI is InChI=1S/C15H12Cl2OS/c16-12-6-5-9(7-13(12)17)15(18)11-8-19-14-4-2-1-3-10(11)14/h1-7,11,15,18H,8H2. The van der Waals surface area contributed by atoms with Crippen LogP contribution < -0.4 is 0 Å². The van der Waals surface area contributed by atoms with Crippen molar-refractivity contribution < 1.29 is 5.11 Å². The molecular formula is C15H12Cl2OS. The van der Waals surface area contributed by atoms with Crippen molar-refractivity contribution >= 4 is 35.0 Å². The predicted octanol–water partition coefficient (Wildman–Crippen LogP) is 4.92. The molecule has 1 aliphatic rings. The summed E-state index contributed by atoms with van der Waals surface area (Å²) >= 11 is 13.7. The van der Waals surface area contributed by atoms with Gasteiger partial charge in [0, 0.05) is 16.6 Å². The van der Waals surface area contributed by atoms with Crippen LogP contribution in [0.25, 0.3) is 0 Å². The van der Waals surface area contributed by atoms with Gasteiger partial charge in [0.1, 0.15) is 0 Å². The molecule has 0 radical (unpaired) electrons. The summed E-state index contributed by atoms with van der Waals surface area (Å²) in [4.78, 5) is 1.26. The molecule has 1 heterocycles. The van der Waals surface area contributed by atoms with Crippen molar-refractivity contribution in [2.24, 2.45) is 0 Å². The van der Waals surface area contributed by atoms with E-state index in [1.807, 2.05) is 18.2 Å². The first kappa shape index (κ1) is 13.3. The number of rotatable bonds is 2. The zero-order valence-electron chi connectivity index (χ0n) is 10.0. The maximum atomic E-state index is 10.6. The van der Waals surface area contributed by atoms with E-state index in [1.165, 1.54) is 10.5 Å². The van der Waals surface area contributed by atoms with Gasteiger partial charge in [0.15, 0.2) is 0 Å². The van der Waals surface area contributed by atoms with Crippen LogP contribution in [0.5, 0.6) is 0 Å². The van der Waals surface area contributed by atoms with E-state index in [2.05, 4.69) is 12.1 Å². The lowest BCUT2D eigenvalue weighted by Gasteiger charge is -2.19. The fraction of sp³-hybridized carbons (Fsp3) is 0.200. The highest BCUT2D eigenvalue weighted by molar-refractivity contribution is 7.99. The Kier molecular flexibility index (Phi) is 3.77. The molecule has 4 heteroatoms. The first-order chi connectivity index (χ1) is 9.16. The fourth-order valence-corrected chi connectivity index (χ4v) is 3.97. The average Bonchev–Trinajstić information content (AvgIpc) is 2.85. The number of thioether (sulfide) groups is 1. The molecule has 3 rings (SSSR count). The average molecular weight is 311 g/mol. The number of aliphatic hydroxyl groups is 1. The lowest BCUT2D eigenvalue weighted by Crippen LogP contribution is -2.10. The molecule has 1 N–H and O–H groups in total. The Bertz CT molecular complexity index is 615. The molecule has 2 aromatic carbocycles. The highest BCUT2D eigenvalue weighted by Crippen LogP contribution is 2.45. The molecule has 98 valence electrons. The lowest BCUT2D eigenvalue weighted by molar-refractivity contribution is 0.154. The predicted molar refractivity (Wildman–Crippen MR) is 81.3 cm³/mol. The van der Waals surface area contributed by atoms with E-state index in [-0.39, 0.29) is 5.92 Å². The topological polar surface area (TPSA) is 20.2 Å². The van der Waals surface area contributed by atoms with E-state index in [9.17, 15) is 5.11 Å². The molecule has 1 aliphatic heterocycles. The van der Waals surface area contributed by atoms with Crippen LogP contribution in [-0.2, 0) is 0 Å². The first-order valence-corrected chi connectivity index (χ1v) is 7.75. The van der Waals surface area contributed by atoms with Crippen molar-refractivity contribution in [3.63, 3.8) is 0 Å². The molecule has 0 fully saturated rings. The van der Waals surface area contributed by atoms with Crippen LogP contribution in [0.3, 0.4) is 0 Å². The maximum absolute atomic E-state index is 10.6. The van der Waals surface area contributed by atoms with Crippen molar-refractivity contribution in [2.75, 3.05) is 5.75 Å². The van der Waals surface area contributed by atoms with Gasteiger partial charge in [-0.3, -0.25) is 0 Å². The number of halogens is 2. The van der Waals surface area contributed by atoms with Gasteiger partial charge in [-0.05, 0) is 29.3 Å². The SMILES string of the molecule is OC(c1ccc(Cl)c(Cl)c1)C1CSc2ccccc21. The van der Waals surface area contributed by atoms with E-state index in [0.717, 1.165) is 11.3 Å². The first-order valence-electron chi connectivity index (χ1n) is 6.01. The van der Waals surface area contributed by atoms with Gasteiger partial charge in [0.2, 0.25) is 0 Å². The number of fused-ring (bicyclic) bond motifs is 1. The third kappa shape index (κ3) is 2.50. The minimum atomic E-state index is -0.550. The molecule has 2 unspecified atom stereocenters. The van der Waals surface area contributed by atoms with Crippen molar-refractivity contribution in [3.8, 4) is 0 Å². The Morgan fingerprint density at radius 1 is 1.11 bits per heavy atom. The molecule has 0 amide bonds. The molecule has 19 heavy (non-hydrogen) atoms. The van der Waals surface area contributed by atoms with Crippen LogP contribution in [0.15, 0.2) is 47.4 Å². The van der Waals surface area contributed by atoms with Crippen LogP contribution in [0.4, 0.5) is 0 Å². The Labute approximate surface area is 126 Å². The second kappa shape index (κ2) is 5.37. The normalized spacial score (nSPS) is 19.2. The van der Waals surface area contributed by atoms with Gasteiger partial charge in [-0.25, -0.2) is 0 Å². The summed E-state index contributed by atoms with van der Waals surface area (Å²) in [7, 11) is 0. The van der Waals surface area contributed by atoms with Crippen LogP contribution in [0, 0.1) is 0 Å². The van der Waals surface area contributed by atoms with Gasteiger partial charge >= 0.3 is 0 Å². The summed E-state index contributed by atoms with van der Waals surface area (Å²) in [6.07, 6.45) is -0.550. The third-order valence-electron chi connectivity index (χ3n) is 3.40. The number of hydrogen-bond acceptors (Lipinski definition) is 2. The van der Waals surface area contributed by atoms with Gasteiger partial charge in [-0.1, -0.05) is 47.5 Å². The molecule has 0 saturated heterocycles. The number of benzene rings is 2. The quantitative estimate of drug-likeness (QED) is 0.850. The van der Waals surface area contributed by atoms with Gasteiger partial charge in [0.25, 0.3) is 0 Å². The Morgan fingerprint density at radius 2 is 1.89 bits per heavy atom. The molecule has 0 saturated carbocycles. The van der Waals surface area contributed by atoms with E-state index >= 15 is 0 Å². The molecule has 1 nitrogen and oxygen atoms in total. The minimum absolute atomic E-state index is 0.110. The Morgan fingerprint density at radius 3 is 2.68 bits per heavy atom. The van der Waals surface area contributed by atoms with Crippen molar-refractivity contribution in [1.82, 2.24) is 0 Å². The third-order valence-corrected chi connectivity index (χ3v) is 5.35. The lowest BCUT2D eigenvalue weighted by atomic mass is 9.91. The van der Waals surface area contributed by atoms with Gasteiger partial charge in [-0.15, -0.1) is 11.8 Å². The molecular weight excluding hydrogens is 299 g/mol. The van der Waals surface area contributed by atoms with Crippen LogP contribution >= 0.6 is 35.0 Å². The number of hydrogen-bond donors (Lipinski definition) is 1. The van der Waals surface area contributed by atoms with Crippen molar-refractivity contribution in [3.05, 3.63) is 63.6 Å². The van der Waals surface area contributed by atoms with Crippen LogP contribution in [0.2, 0.25) is 10.0 Å². The smallest absolute Gasteiger partial charge is 0.0867 e. The molecule has 0 aromatic heterocycles. The van der Waals surface area contributed by atoms with E-state index < -0.39 is 6.10 Å². The Balaban J connectivity index is 1.93. The summed E-state index contributed by atoms with van der Waals surface area (Å²) in [5.41, 5.74) is 2.03. The second-order valence-electron chi connectivity index (χ2n) is 4.57. The molecule has 0 bridgehead atoms. The van der Waals surface area contributed by atoms with E-state index in [4.69, 9.17) is 23.2 Å². The monoisotopic (exact) mass is 310 g/mol. The fourth-order valence-electron chi connectivity index (χ4n) is 2.38. The van der Waals surface area contributed by atoms with Crippen LogP contribution in [0.1, 0.15) is 23.1 Å². The summed E-state index contributed by atoms with van der Waals surface area (Å²) in [6, 6.07) is 13.5. The summed E-state index contributed by atoms with van der Waals surface area (Å²) in [5.74, 6) is 0.999. The van der Waals surface area contributed by atoms with Gasteiger partial charge in [-0.2, -0.15) is 0 Å². The largest absolute Gasteiger partial charge is 0.388 e. The highest BCUT2D eigenvalue weighted by atomic mass is 35.5. The van der Waals surface area contributed by atoms with Crippen molar-refractivity contribution in [2.45, 2.75) is 16.9 Å². The zero-order valence-corrected chi connectivity index (χ0v) is 12.3. The summed E-state index contributed by atoms with van der Waals surface area (Å²) < 4.78 is 0. The van der Waals surface area contributed by atoms with E-state index in [1.54, 1.807) is 23.9 Å². The highest BCUT2D eigenvalue weighted by Gasteiger charge is 2.30. The molecule has 0 spiro atoms. The number of aliphatic hydroxyl groups excluding tert-OH is 1. The molecule has 2 aromatic rings. The van der Waals surface area contributed by atoms with Gasteiger partial charge in [0.05, 0.1) is 16.1 Å². The molecule has 2 atom stereocenters. The van der Waals surface area contributed by atoms with Crippen LogP contribution in [-0.4, -0.2) is 10.9 Å². The Hall–Kier alpha value is -0.670. The van der Waals surface area contributed by atoms with Gasteiger partial charge < -0.3 is 5.11 Å². The summed E-state index contributed by atoms with van der Waals surface area (Å²) in [6.45, 7) is 0. The maximum Gasteiger partial charge on any atom is 0.0867 e. The molecule has 0 aliphatic carbocycles. The van der Waals surface area contributed by atoms with Crippen molar-refractivity contribution in [1.29, 1.82) is 0 Å². The van der Waals surface area contributed by atoms with E-state index in [0.29, 0.717) is 10.0 Å². The second-order valence-corrected chi connectivity index (χ2v) is 6.45.